The van der Waals surface area contributed by atoms with Crippen LogP contribution >= 0.6 is 0 Å². The monoisotopic (exact) mass is 396 g/mol. The molecule has 2 fully saturated rings. The Hall–Kier alpha value is -2.29. The van der Waals surface area contributed by atoms with Crippen molar-refractivity contribution < 1.29 is 27.5 Å². The van der Waals surface area contributed by atoms with E-state index in [9.17, 15) is 18.0 Å². The van der Waals surface area contributed by atoms with Crippen LogP contribution in [0.2, 0.25) is 0 Å². The highest BCUT2D eigenvalue weighted by atomic mass is 32.2. The van der Waals surface area contributed by atoms with Crippen molar-refractivity contribution in [3.63, 3.8) is 0 Å². The van der Waals surface area contributed by atoms with Gasteiger partial charge in [-0.3, -0.25) is 9.59 Å². The van der Waals surface area contributed by atoms with Gasteiger partial charge in [-0.15, -0.1) is 0 Å². The van der Waals surface area contributed by atoms with Crippen LogP contribution in [-0.2, 0) is 19.4 Å². The lowest BCUT2D eigenvalue weighted by atomic mass is 10.2. The molecule has 0 radical (unpaired) electrons. The largest absolute Gasteiger partial charge is 0.497 e. The summed E-state index contributed by atoms with van der Waals surface area (Å²) in [4.78, 5) is 24.2. The highest BCUT2D eigenvalue weighted by molar-refractivity contribution is 7.91. The maximum Gasteiger partial charge on any atom is 0.224 e. The van der Waals surface area contributed by atoms with Crippen LogP contribution < -0.4 is 20.1 Å². The molecule has 1 heterocycles. The molecule has 27 heavy (non-hydrogen) atoms. The van der Waals surface area contributed by atoms with Crippen molar-refractivity contribution in [3.05, 3.63) is 24.3 Å². The van der Waals surface area contributed by atoms with E-state index in [1.54, 1.807) is 31.4 Å². The molecular weight excluding hydrogens is 372 g/mol. The van der Waals surface area contributed by atoms with Gasteiger partial charge < -0.3 is 20.1 Å². The van der Waals surface area contributed by atoms with Gasteiger partial charge in [0.15, 0.2) is 9.84 Å². The lowest BCUT2D eigenvalue weighted by Gasteiger charge is -2.11. The van der Waals surface area contributed by atoms with Crippen LogP contribution in [0.3, 0.4) is 0 Å². The van der Waals surface area contributed by atoms with Crippen LogP contribution in [-0.4, -0.2) is 58.0 Å². The number of carbonyl (C=O) groups is 2. The van der Waals surface area contributed by atoms with Crippen LogP contribution in [0, 0.1) is 11.8 Å². The second-order valence-corrected chi connectivity index (χ2v) is 9.10. The molecule has 148 valence electrons. The van der Waals surface area contributed by atoms with Crippen molar-refractivity contribution in [2.45, 2.75) is 18.9 Å². The minimum Gasteiger partial charge on any atom is -0.497 e. The standard InChI is InChI=1S/C18H24N2O6S/c1-25-13-2-4-14(5-3-13)26-8-7-19-17(21)15-10-16(15)18(22)20-12-6-9-27(23,24)11-12/h2-5,12,15-16H,6-11H2,1H3,(H,19,21)(H,20,22). The summed E-state index contributed by atoms with van der Waals surface area (Å²) < 4.78 is 33.5. The van der Waals surface area contributed by atoms with Crippen molar-refractivity contribution in [2.24, 2.45) is 11.8 Å². The first-order chi connectivity index (χ1) is 12.9. The van der Waals surface area contributed by atoms with Gasteiger partial charge >= 0.3 is 0 Å². The van der Waals surface area contributed by atoms with Crippen molar-refractivity contribution in [1.82, 2.24) is 10.6 Å². The number of hydrogen-bond acceptors (Lipinski definition) is 6. The molecule has 1 aliphatic heterocycles. The summed E-state index contributed by atoms with van der Waals surface area (Å²) in [5.41, 5.74) is 0. The van der Waals surface area contributed by atoms with Gasteiger partial charge in [0.1, 0.15) is 18.1 Å². The highest BCUT2D eigenvalue weighted by Gasteiger charge is 2.48. The zero-order valence-electron chi connectivity index (χ0n) is 15.1. The third kappa shape index (κ3) is 5.35. The number of carbonyl (C=O) groups excluding carboxylic acids is 2. The molecule has 2 amide bonds. The number of methoxy groups -OCH3 is 1. The number of ether oxygens (including phenoxy) is 2. The van der Waals surface area contributed by atoms with Gasteiger partial charge in [-0.2, -0.15) is 0 Å². The molecule has 1 aromatic carbocycles. The summed E-state index contributed by atoms with van der Waals surface area (Å²) in [6, 6.07) is 6.81. The van der Waals surface area contributed by atoms with E-state index in [4.69, 9.17) is 9.47 Å². The minimum absolute atomic E-state index is 0.00891. The molecule has 1 saturated carbocycles. The Kier molecular flexibility index (Phi) is 5.88. The zero-order chi connectivity index (χ0) is 19.4. The first-order valence-electron chi connectivity index (χ1n) is 8.93. The molecule has 2 N–H and O–H groups in total. The average Bonchev–Trinajstić information content (AvgIpc) is 3.38. The molecule has 1 aromatic rings. The van der Waals surface area contributed by atoms with Crippen LogP contribution in [0.5, 0.6) is 11.5 Å². The Balaban J connectivity index is 1.33. The van der Waals surface area contributed by atoms with Crippen LogP contribution in [0.25, 0.3) is 0 Å². The smallest absolute Gasteiger partial charge is 0.224 e. The fourth-order valence-corrected chi connectivity index (χ4v) is 4.81. The maximum absolute atomic E-state index is 12.1. The molecule has 1 saturated heterocycles. The van der Waals surface area contributed by atoms with E-state index in [1.807, 2.05) is 0 Å². The predicted octanol–water partition coefficient (Wildman–Crippen LogP) is 0.130. The lowest BCUT2D eigenvalue weighted by molar-refractivity contribution is -0.127. The second-order valence-electron chi connectivity index (χ2n) is 6.87. The van der Waals surface area contributed by atoms with E-state index in [2.05, 4.69) is 10.6 Å². The third-order valence-corrected chi connectivity index (χ3v) is 6.54. The van der Waals surface area contributed by atoms with Crippen LogP contribution in [0.15, 0.2) is 24.3 Å². The predicted molar refractivity (Wildman–Crippen MR) is 98.3 cm³/mol. The SMILES string of the molecule is COc1ccc(OCCNC(=O)C2CC2C(=O)NC2CCS(=O)(=O)C2)cc1. The van der Waals surface area contributed by atoms with Gasteiger partial charge in [0.2, 0.25) is 11.8 Å². The average molecular weight is 396 g/mol. The number of rotatable bonds is 8. The molecule has 0 bridgehead atoms. The Labute approximate surface area is 158 Å². The molecule has 8 nitrogen and oxygen atoms in total. The van der Waals surface area contributed by atoms with Crippen molar-refractivity contribution in [2.75, 3.05) is 31.8 Å². The van der Waals surface area contributed by atoms with Gasteiger partial charge in [0.25, 0.3) is 0 Å². The van der Waals surface area contributed by atoms with Gasteiger partial charge in [0.05, 0.1) is 37.0 Å². The fourth-order valence-electron chi connectivity index (χ4n) is 3.14. The molecule has 2 aliphatic rings. The van der Waals surface area contributed by atoms with Crippen molar-refractivity contribution in [1.29, 1.82) is 0 Å². The van der Waals surface area contributed by atoms with Crippen LogP contribution in [0.4, 0.5) is 0 Å². The van der Waals surface area contributed by atoms with E-state index in [0.717, 1.165) is 5.75 Å². The zero-order valence-corrected chi connectivity index (χ0v) is 16.0. The van der Waals surface area contributed by atoms with Gasteiger partial charge in [-0.25, -0.2) is 8.42 Å². The summed E-state index contributed by atoms with van der Waals surface area (Å²) in [6.07, 6.45) is 0.941. The van der Waals surface area contributed by atoms with Gasteiger partial charge in [-0.05, 0) is 37.1 Å². The lowest BCUT2D eigenvalue weighted by Crippen LogP contribution is -2.38. The van der Waals surface area contributed by atoms with Crippen molar-refractivity contribution >= 4 is 21.7 Å². The Morgan fingerprint density at radius 1 is 1.11 bits per heavy atom. The van der Waals surface area contributed by atoms with E-state index in [1.165, 1.54) is 0 Å². The maximum atomic E-state index is 12.1. The summed E-state index contributed by atoms with van der Waals surface area (Å²) in [6.45, 7) is 0.665. The summed E-state index contributed by atoms with van der Waals surface area (Å²) in [5, 5.41) is 5.51. The number of amides is 2. The Morgan fingerprint density at radius 2 is 1.78 bits per heavy atom. The quantitative estimate of drug-likeness (QED) is 0.605. The Morgan fingerprint density at radius 3 is 2.41 bits per heavy atom. The second kappa shape index (κ2) is 8.16. The molecule has 1 aliphatic carbocycles. The number of benzene rings is 1. The fraction of sp³-hybridized carbons (Fsp3) is 0.556. The molecule has 0 spiro atoms. The van der Waals surface area contributed by atoms with Gasteiger partial charge in [0, 0.05) is 6.04 Å². The van der Waals surface area contributed by atoms with E-state index in [0.29, 0.717) is 31.7 Å². The molecule has 9 heteroatoms. The van der Waals surface area contributed by atoms with Gasteiger partial charge in [-0.1, -0.05) is 0 Å². The summed E-state index contributed by atoms with van der Waals surface area (Å²) >= 11 is 0. The first kappa shape index (κ1) is 19.5. The molecular formula is C18H24N2O6S. The number of sulfone groups is 1. The van der Waals surface area contributed by atoms with E-state index in [-0.39, 0.29) is 41.2 Å². The number of nitrogens with one attached hydrogen (secondary N) is 2. The molecule has 3 rings (SSSR count). The van der Waals surface area contributed by atoms with E-state index >= 15 is 0 Å². The Bertz CT molecular complexity index is 793. The number of hydrogen-bond donors (Lipinski definition) is 2. The third-order valence-electron chi connectivity index (χ3n) is 4.77. The molecule has 3 unspecified atom stereocenters. The molecule has 0 aromatic heterocycles. The minimum atomic E-state index is -3.03. The molecule has 3 atom stereocenters. The summed E-state index contributed by atoms with van der Waals surface area (Å²) in [5.74, 6) is 0.411. The van der Waals surface area contributed by atoms with Crippen molar-refractivity contribution in [3.8, 4) is 11.5 Å². The summed E-state index contributed by atoms with van der Waals surface area (Å²) in [7, 11) is -1.44. The van der Waals surface area contributed by atoms with Crippen LogP contribution in [0.1, 0.15) is 12.8 Å². The first-order valence-corrected chi connectivity index (χ1v) is 10.8. The normalized spacial score (nSPS) is 25.4. The van der Waals surface area contributed by atoms with E-state index < -0.39 is 9.84 Å². The topological polar surface area (TPSA) is 111 Å². The highest BCUT2D eigenvalue weighted by Crippen LogP contribution is 2.39.